The fraction of sp³-hybridized carbons (Fsp3) is 0.188. The normalized spacial score (nSPS) is 10.4. The van der Waals surface area contributed by atoms with Crippen LogP contribution in [0, 0.1) is 5.82 Å². The second-order valence-electron chi connectivity index (χ2n) is 4.41. The Hall–Kier alpha value is -1.33. The van der Waals surface area contributed by atoms with E-state index in [1.165, 1.54) is 6.07 Å². The zero-order valence-corrected chi connectivity index (χ0v) is 13.7. The van der Waals surface area contributed by atoms with Gasteiger partial charge >= 0.3 is 0 Å². The predicted molar refractivity (Wildman–Crippen MR) is 89.0 cm³/mol. The molecule has 0 aliphatic carbocycles. The average Bonchev–Trinajstić information content (AvgIpc) is 2.48. The maximum absolute atomic E-state index is 13.4. The summed E-state index contributed by atoms with van der Waals surface area (Å²) in [5, 5.41) is 2.85. The number of carbonyl (C=O) groups is 1. The fourth-order valence-electron chi connectivity index (χ4n) is 1.77. The van der Waals surface area contributed by atoms with Crippen molar-refractivity contribution in [1.82, 2.24) is 5.32 Å². The van der Waals surface area contributed by atoms with Gasteiger partial charge in [0.25, 0.3) is 5.91 Å². The molecule has 2 nitrogen and oxygen atoms in total. The molecule has 0 aromatic heterocycles. The van der Waals surface area contributed by atoms with E-state index in [2.05, 4.69) is 21.2 Å². The maximum atomic E-state index is 13.4. The molecule has 0 saturated heterocycles. The third-order valence-corrected chi connectivity index (χ3v) is 4.34. The van der Waals surface area contributed by atoms with E-state index in [0.29, 0.717) is 23.4 Å². The summed E-state index contributed by atoms with van der Waals surface area (Å²) < 4.78 is 14.3. The number of amides is 1. The highest BCUT2D eigenvalue weighted by Gasteiger charge is 2.05. The van der Waals surface area contributed by atoms with E-state index in [0.717, 1.165) is 10.2 Å². The number of hydrogen-bond donors (Lipinski definition) is 1. The standard InChI is InChI=1S/C16H15BrFNOS/c17-14-6-3-5-12(10-14)16(20)19-8-9-21-11-13-4-1-2-7-15(13)18/h1-7,10H,8-9,11H2,(H,19,20). The zero-order chi connectivity index (χ0) is 15.1. The molecule has 110 valence electrons. The molecule has 0 bridgehead atoms. The molecule has 2 aromatic rings. The second kappa shape index (κ2) is 8.20. The van der Waals surface area contributed by atoms with Gasteiger partial charge < -0.3 is 5.32 Å². The number of nitrogens with one attached hydrogen (secondary N) is 1. The van der Waals surface area contributed by atoms with Crippen molar-refractivity contribution >= 4 is 33.6 Å². The van der Waals surface area contributed by atoms with Gasteiger partial charge in [0.15, 0.2) is 0 Å². The summed E-state index contributed by atoms with van der Waals surface area (Å²) in [5.41, 5.74) is 1.32. The first kappa shape index (κ1) is 16.0. The molecular formula is C16H15BrFNOS. The lowest BCUT2D eigenvalue weighted by Crippen LogP contribution is -2.25. The van der Waals surface area contributed by atoms with E-state index in [9.17, 15) is 9.18 Å². The van der Waals surface area contributed by atoms with E-state index >= 15 is 0 Å². The molecule has 5 heteroatoms. The van der Waals surface area contributed by atoms with Crippen LogP contribution < -0.4 is 5.32 Å². The topological polar surface area (TPSA) is 29.1 Å². The van der Waals surface area contributed by atoms with Crippen LogP contribution >= 0.6 is 27.7 Å². The lowest BCUT2D eigenvalue weighted by atomic mass is 10.2. The minimum atomic E-state index is -0.178. The van der Waals surface area contributed by atoms with Gasteiger partial charge in [-0.3, -0.25) is 4.79 Å². The van der Waals surface area contributed by atoms with E-state index < -0.39 is 0 Å². The van der Waals surface area contributed by atoms with Crippen LogP contribution in [0.15, 0.2) is 53.0 Å². The molecule has 0 unspecified atom stereocenters. The Morgan fingerprint density at radius 2 is 2.00 bits per heavy atom. The Labute approximate surface area is 136 Å². The smallest absolute Gasteiger partial charge is 0.251 e. The monoisotopic (exact) mass is 367 g/mol. The van der Waals surface area contributed by atoms with Crippen molar-refractivity contribution in [1.29, 1.82) is 0 Å². The van der Waals surface area contributed by atoms with Crippen LogP contribution in [0.25, 0.3) is 0 Å². The molecule has 0 atom stereocenters. The summed E-state index contributed by atoms with van der Waals surface area (Å²) in [5.74, 6) is 1.08. The molecule has 2 rings (SSSR count). The molecule has 0 radical (unpaired) electrons. The van der Waals surface area contributed by atoms with Gasteiger partial charge in [0, 0.05) is 28.1 Å². The summed E-state index contributed by atoms with van der Waals surface area (Å²) >= 11 is 4.93. The lowest BCUT2D eigenvalue weighted by Gasteiger charge is -2.06. The highest BCUT2D eigenvalue weighted by Crippen LogP contribution is 2.15. The zero-order valence-electron chi connectivity index (χ0n) is 11.3. The minimum Gasteiger partial charge on any atom is -0.351 e. The van der Waals surface area contributed by atoms with Crippen molar-refractivity contribution in [2.24, 2.45) is 0 Å². The van der Waals surface area contributed by atoms with Crippen molar-refractivity contribution in [3.63, 3.8) is 0 Å². The van der Waals surface area contributed by atoms with Crippen molar-refractivity contribution in [2.75, 3.05) is 12.3 Å². The molecule has 0 aliphatic heterocycles. The van der Waals surface area contributed by atoms with Crippen LogP contribution in [0.1, 0.15) is 15.9 Å². The average molecular weight is 368 g/mol. The number of hydrogen-bond acceptors (Lipinski definition) is 2. The molecular weight excluding hydrogens is 353 g/mol. The van der Waals surface area contributed by atoms with Gasteiger partial charge in [-0.25, -0.2) is 4.39 Å². The number of benzene rings is 2. The molecule has 1 amide bonds. The van der Waals surface area contributed by atoms with E-state index in [1.54, 1.807) is 36.0 Å². The fourth-order valence-corrected chi connectivity index (χ4v) is 3.01. The van der Waals surface area contributed by atoms with Gasteiger partial charge in [0.1, 0.15) is 5.82 Å². The Kier molecular flexibility index (Phi) is 6.26. The first-order valence-electron chi connectivity index (χ1n) is 6.52. The van der Waals surface area contributed by atoms with E-state index in [4.69, 9.17) is 0 Å². The maximum Gasteiger partial charge on any atom is 0.251 e. The van der Waals surface area contributed by atoms with Gasteiger partial charge in [-0.1, -0.05) is 40.2 Å². The molecule has 0 heterocycles. The molecule has 0 fully saturated rings. The summed E-state index contributed by atoms with van der Waals surface area (Å²) in [6.07, 6.45) is 0. The molecule has 21 heavy (non-hydrogen) atoms. The highest BCUT2D eigenvalue weighted by atomic mass is 79.9. The summed E-state index contributed by atoms with van der Waals surface area (Å²) in [7, 11) is 0. The van der Waals surface area contributed by atoms with Gasteiger partial charge in [-0.2, -0.15) is 11.8 Å². The summed E-state index contributed by atoms with van der Waals surface area (Å²) in [6, 6.07) is 14.0. The number of thioether (sulfide) groups is 1. The SMILES string of the molecule is O=C(NCCSCc1ccccc1F)c1cccc(Br)c1. The van der Waals surface area contributed by atoms with Crippen LogP contribution in [-0.2, 0) is 5.75 Å². The predicted octanol–water partition coefficient (Wildman–Crippen LogP) is 4.25. The first-order valence-corrected chi connectivity index (χ1v) is 8.46. The van der Waals surface area contributed by atoms with Crippen molar-refractivity contribution < 1.29 is 9.18 Å². The number of rotatable bonds is 6. The Bertz CT molecular complexity index is 621. The number of carbonyl (C=O) groups excluding carboxylic acids is 1. The molecule has 2 aromatic carbocycles. The van der Waals surface area contributed by atoms with Gasteiger partial charge in [-0.05, 0) is 29.8 Å². The Morgan fingerprint density at radius 1 is 1.19 bits per heavy atom. The van der Waals surface area contributed by atoms with Crippen molar-refractivity contribution in [3.8, 4) is 0 Å². The Balaban J connectivity index is 1.70. The van der Waals surface area contributed by atoms with Crippen molar-refractivity contribution in [3.05, 3.63) is 69.9 Å². The second-order valence-corrected chi connectivity index (χ2v) is 6.43. The molecule has 0 saturated carbocycles. The number of halogens is 2. The molecule has 1 N–H and O–H groups in total. The van der Waals surface area contributed by atoms with Gasteiger partial charge in [0.2, 0.25) is 0 Å². The largest absolute Gasteiger partial charge is 0.351 e. The Morgan fingerprint density at radius 3 is 2.76 bits per heavy atom. The lowest BCUT2D eigenvalue weighted by molar-refractivity contribution is 0.0956. The van der Waals surface area contributed by atoms with Crippen LogP contribution in [0.3, 0.4) is 0 Å². The summed E-state index contributed by atoms with van der Waals surface area (Å²) in [6.45, 7) is 0.560. The molecule has 0 spiro atoms. The quantitative estimate of drug-likeness (QED) is 0.773. The van der Waals surface area contributed by atoms with Crippen molar-refractivity contribution in [2.45, 2.75) is 5.75 Å². The van der Waals surface area contributed by atoms with Gasteiger partial charge in [-0.15, -0.1) is 0 Å². The van der Waals surface area contributed by atoms with Crippen LogP contribution in [0.4, 0.5) is 4.39 Å². The van der Waals surface area contributed by atoms with Gasteiger partial charge in [0.05, 0.1) is 0 Å². The summed E-state index contributed by atoms with van der Waals surface area (Å²) in [4.78, 5) is 11.9. The van der Waals surface area contributed by atoms with Crippen LogP contribution in [0.5, 0.6) is 0 Å². The van der Waals surface area contributed by atoms with Crippen LogP contribution in [-0.4, -0.2) is 18.2 Å². The highest BCUT2D eigenvalue weighted by molar-refractivity contribution is 9.10. The van der Waals surface area contributed by atoms with E-state index in [1.807, 2.05) is 18.2 Å². The minimum absolute atomic E-state index is 0.0946. The third-order valence-electron chi connectivity index (χ3n) is 2.83. The third kappa shape index (κ3) is 5.17. The van der Waals surface area contributed by atoms with Crippen LogP contribution in [0.2, 0.25) is 0 Å². The van der Waals surface area contributed by atoms with E-state index in [-0.39, 0.29) is 11.7 Å². The first-order chi connectivity index (χ1) is 10.2. The molecule has 0 aliphatic rings.